The molecule has 1 aliphatic heterocycles. The molecule has 9 heteroatoms. The molecule has 29 heavy (non-hydrogen) atoms. The molecule has 1 aromatic heterocycles. The summed E-state index contributed by atoms with van der Waals surface area (Å²) in [5.74, 6) is 0.212. The number of piperazine rings is 1. The van der Waals surface area contributed by atoms with Gasteiger partial charge >= 0.3 is 5.97 Å². The zero-order chi connectivity index (χ0) is 21.2. The Hall–Kier alpha value is -1.87. The number of aryl methyl sites for hydroxylation is 2. The predicted octanol–water partition coefficient (Wildman–Crippen LogP) is 2.49. The largest absolute Gasteiger partial charge is 0.465 e. The summed E-state index contributed by atoms with van der Waals surface area (Å²) in [5, 5.41) is 0. The Morgan fingerprint density at radius 1 is 1.03 bits per heavy atom. The lowest BCUT2D eigenvalue weighted by molar-refractivity contribution is -0.133. The second-order valence-electron chi connectivity index (χ2n) is 7.90. The van der Waals surface area contributed by atoms with Crippen molar-refractivity contribution in [2.45, 2.75) is 57.3 Å². The van der Waals surface area contributed by atoms with E-state index in [-0.39, 0.29) is 41.0 Å². The first-order valence-electron chi connectivity index (χ1n) is 10.2. The van der Waals surface area contributed by atoms with Crippen molar-refractivity contribution < 1.29 is 27.2 Å². The number of hydrogen-bond acceptors (Lipinski definition) is 6. The number of hydrogen-bond donors (Lipinski definition) is 0. The molecule has 8 nitrogen and oxygen atoms in total. The highest BCUT2D eigenvalue weighted by Gasteiger charge is 2.37. The number of rotatable bonds is 5. The van der Waals surface area contributed by atoms with Crippen LogP contribution in [-0.4, -0.2) is 62.8 Å². The minimum absolute atomic E-state index is 0.0548. The molecular weight excluding hydrogens is 396 g/mol. The molecule has 0 radical (unpaired) electrons. The van der Waals surface area contributed by atoms with E-state index in [9.17, 15) is 18.0 Å². The molecule has 162 valence electrons. The maximum Gasteiger partial charge on any atom is 0.342 e. The smallest absolute Gasteiger partial charge is 0.342 e. The maximum absolute atomic E-state index is 13.2. The summed E-state index contributed by atoms with van der Waals surface area (Å²) in [7, 11) is -2.73. The highest BCUT2D eigenvalue weighted by atomic mass is 32.2. The van der Waals surface area contributed by atoms with Gasteiger partial charge in [0, 0.05) is 32.6 Å². The SMILES string of the molecule is COC(=O)c1c(C)oc(C)c1S(=O)(=O)N1CCN(C(=O)CC2CCCCC2)CC1. The summed E-state index contributed by atoms with van der Waals surface area (Å²) in [6.07, 6.45) is 6.40. The van der Waals surface area contributed by atoms with Crippen LogP contribution in [0.2, 0.25) is 0 Å². The Bertz CT molecular complexity index is 862. The molecule has 2 fully saturated rings. The van der Waals surface area contributed by atoms with Gasteiger partial charge in [-0.05, 0) is 32.6 Å². The molecular formula is C20H30N2O6S. The average Bonchev–Trinajstić information content (AvgIpc) is 3.02. The van der Waals surface area contributed by atoms with Gasteiger partial charge in [-0.25, -0.2) is 13.2 Å². The Kier molecular flexibility index (Phi) is 6.68. The minimum atomic E-state index is -3.93. The predicted molar refractivity (Wildman–Crippen MR) is 106 cm³/mol. The third kappa shape index (κ3) is 4.50. The molecule has 1 aromatic rings. The third-order valence-corrected chi connectivity index (χ3v) is 8.02. The monoisotopic (exact) mass is 426 g/mol. The minimum Gasteiger partial charge on any atom is -0.465 e. The molecule has 0 spiro atoms. The van der Waals surface area contributed by atoms with Crippen molar-refractivity contribution in [3.63, 3.8) is 0 Å². The number of furan rings is 1. The molecule has 0 bridgehead atoms. The number of carbonyl (C=O) groups is 2. The number of nitrogens with zero attached hydrogens (tertiary/aromatic N) is 2. The lowest BCUT2D eigenvalue weighted by atomic mass is 9.86. The number of amides is 1. The summed E-state index contributed by atoms with van der Waals surface area (Å²) >= 11 is 0. The van der Waals surface area contributed by atoms with Crippen LogP contribution in [0.5, 0.6) is 0 Å². The van der Waals surface area contributed by atoms with Crippen LogP contribution in [-0.2, 0) is 19.6 Å². The van der Waals surface area contributed by atoms with Crippen LogP contribution in [0, 0.1) is 19.8 Å². The number of methoxy groups -OCH3 is 1. The highest BCUT2D eigenvalue weighted by Crippen LogP contribution is 2.31. The van der Waals surface area contributed by atoms with E-state index < -0.39 is 16.0 Å². The second kappa shape index (κ2) is 8.87. The zero-order valence-electron chi connectivity index (χ0n) is 17.4. The average molecular weight is 427 g/mol. The number of ether oxygens (including phenoxy) is 1. The molecule has 0 aromatic carbocycles. The van der Waals surface area contributed by atoms with Crippen LogP contribution in [0.15, 0.2) is 9.31 Å². The Morgan fingerprint density at radius 3 is 2.24 bits per heavy atom. The van der Waals surface area contributed by atoms with Gasteiger partial charge in [-0.3, -0.25) is 4.79 Å². The van der Waals surface area contributed by atoms with Crippen LogP contribution < -0.4 is 0 Å². The normalized spacial score (nSPS) is 19.3. The lowest BCUT2D eigenvalue weighted by Gasteiger charge is -2.35. The van der Waals surface area contributed by atoms with Gasteiger partial charge in [-0.15, -0.1) is 0 Å². The zero-order valence-corrected chi connectivity index (χ0v) is 18.2. The number of sulfonamides is 1. The molecule has 1 amide bonds. The molecule has 0 unspecified atom stereocenters. The lowest BCUT2D eigenvalue weighted by Crippen LogP contribution is -2.51. The first kappa shape index (κ1) is 21.8. The summed E-state index contributed by atoms with van der Waals surface area (Å²) in [4.78, 5) is 26.3. The maximum atomic E-state index is 13.2. The van der Waals surface area contributed by atoms with Crippen LogP contribution in [0.4, 0.5) is 0 Å². The molecule has 0 atom stereocenters. The summed E-state index contributed by atoms with van der Waals surface area (Å²) in [6.45, 7) is 4.17. The van der Waals surface area contributed by atoms with Gasteiger partial charge in [0.05, 0.1) is 7.11 Å². The van der Waals surface area contributed by atoms with Gasteiger partial charge in [0.1, 0.15) is 22.0 Å². The molecule has 0 N–H and O–H groups in total. The van der Waals surface area contributed by atoms with E-state index in [4.69, 9.17) is 9.15 Å². The quantitative estimate of drug-likeness (QED) is 0.671. The van der Waals surface area contributed by atoms with E-state index in [0.29, 0.717) is 25.4 Å². The molecule has 1 saturated carbocycles. The van der Waals surface area contributed by atoms with Crippen LogP contribution in [0.3, 0.4) is 0 Å². The Morgan fingerprint density at radius 2 is 1.66 bits per heavy atom. The first-order valence-corrected chi connectivity index (χ1v) is 11.7. The van der Waals surface area contributed by atoms with Crippen molar-refractivity contribution in [2.75, 3.05) is 33.3 Å². The van der Waals surface area contributed by atoms with E-state index in [1.165, 1.54) is 37.6 Å². The van der Waals surface area contributed by atoms with Crippen molar-refractivity contribution in [2.24, 2.45) is 5.92 Å². The van der Waals surface area contributed by atoms with E-state index in [2.05, 4.69) is 0 Å². The standard InChI is InChI=1S/C20H30N2O6S/c1-14-18(20(24)27-3)19(15(2)28-14)29(25,26)22-11-9-21(10-12-22)17(23)13-16-7-5-4-6-8-16/h16H,4-13H2,1-3H3. The van der Waals surface area contributed by atoms with E-state index in [1.807, 2.05) is 0 Å². The van der Waals surface area contributed by atoms with Gasteiger partial charge in [0.15, 0.2) is 0 Å². The van der Waals surface area contributed by atoms with Crippen LogP contribution in [0.1, 0.15) is 60.4 Å². The Balaban J connectivity index is 1.69. The van der Waals surface area contributed by atoms with Crippen molar-refractivity contribution in [1.82, 2.24) is 9.21 Å². The van der Waals surface area contributed by atoms with Crippen molar-refractivity contribution in [3.8, 4) is 0 Å². The van der Waals surface area contributed by atoms with Gasteiger partial charge in [-0.2, -0.15) is 4.31 Å². The van der Waals surface area contributed by atoms with Gasteiger partial charge in [0.25, 0.3) is 0 Å². The third-order valence-electron chi connectivity index (χ3n) is 5.97. The fourth-order valence-electron chi connectivity index (χ4n) is 4.39. The van der Waals surface area contributed by atoms with Crippen molar-refractivity contribution >= 4 is 21.9 Å². The van der Waals surface area contributed by atoms with Crippen molar-refractivity contribution in [1.29, 1.82) is 0 Å². The summed E-state index contributed by atoms with van der Waals surface area (Å²) < 4.78 is 37.9. The fraction of sp³-hybridized carbons (Fsp3) is 0.700. The molecule has 2 heterocycles. The van der Waals surface area contributed by atoms with Gasteiger partial charge < -0.3 is 14.1 Å². The van der Waals surface area contributed by atoms with Crippen LogP contribution in [0.25, 0.3) is 0 Å². The molecule has 3 rings (SSSR count). The second-order valence-corrected chi connectivity index (χ2v) is 9.78. The number of carbonyl (C=O) groups excluding carboxylic acids is 2. The summed E-state index contributed by atoms with van der Waals surface area (Å²) in [6, 6.07) is 0. The summed E-state index contributed by atoms with van der Waals surface area (Å²) in [5.41, 5.74) is -0.0548. The molecule has 1 saturated heterocycles. The first-order chi connectivity index (χ1) is 13.8. The topological polar surface area (TPSA) is 97.1 Å². The number of esters is 1. The Labute approximate surface area is 172 Å². The van der Waals surface area contributed by atoms with Crippen LogP contribution >= 0.6 is 0 Å². The molecule has 1 aliphatic carbocycles. The fourth-order valence-corrected chi connectivity index (χ4v) is 6.18. The van der Waals surface area contributed by atoms with E-state index >= 15 is 0 Å². The molecule has 2 aliphatic rings. The van der Waals surface area contributed by atoms with E-state index in [0.717, 1.165) is 12.8 Å². The highest BCUT2D eigenvalue weighted by molar-refractivity contribution is 7.89. The van der Waals surface area contributed by atoms with Crippen molar-refractivity contribution in [3.05, 3.63) is 17.1 Å². The van der Waals surface area contributed by atoms with Gasteiger partial charge in [-0.1, -0.05) is 19.3 Å². The van der Waals surface area contributed by atoms with Gasteiger partial charge in [0.2, 0.25) is 15.9 Å². The van der Waals surface area contributed by atoms with E-state index in [1.54, 1.807) is 11.8 Å².